The van der Waals surface area contributed by atoms with Crippen molar-refractivity contribution in [3.8, 4) is 11.1 Å². The third-order valence-corrected chi connectivity index (χ3v) is 6.12. The van der Waals surface area contributed by atoms with Gasteiger partial charge in [0.25, 0.3) is 5.91 Å². The number of carbonyl (C=O) groups excluding carboxylic acids is 2. The number of amides is 2. The summed E-state index contributed by atoms with van der Waals surface area (Å²) in [4.78, 5) is 32.2. The van der Waals surface area contributed by atoms with E-state index in [1.165, 1.54) is 0 Å². The van der Waals surface area contributed by atoms with Gasteiger partial charge in [-0.15, -0.1) is 0 Å². The molecule has 1 saturated heterocycles. The van der Waals surface area contributed by atoms with Crippen LogP contribution in [0.15, 0.2) is 79.1 Å². The third-order valence-electron chi connectivity index (χ3n) is 6.12. The van der Waals surface area contributed by atoms with E-state index in [-0.39, 0.29) is 18.4 Å². The highest BCUT2D eigenvalue weighted by molar-refractivity contribution is 5.87. The van der Waals surface area contributed by atoms with Gasteiger partial charge in [0, 0.05) is 44.4 Å². The molecule has 0 radical (unpaired) electrons. The van der Waals surface area contributed by atoms with Gasteiger partial charge in [0.2, 0.25) is 5.91 Å². The molecule has 2 aromatic carbocycles. The quantitative estimate of drug-likeness (QED) is 0.608. The minimum absolute atomic E-state index is 0.0379. The lowest BCUT2D eigenvalue weighted by Crippen LogP contribution is -2.61. The maximum Gasteiger partial charge on any atom is 0.254 e. The van der Waals surface area contributed by atoms with E-state index in [4.69, 9.17) is 4.74 Å². The van der Waals surface area contributed by atoms with E-state index in [2.05, 4.69) is 10.3 Å². The molecule has 2 heterocycles. The number of rotatable bonds is 7. The zero-order valence-corrected chi connectivity index (χ0v) is 18.9. The topological polar surface area (TPSA) is 71.5 Å². The van der Waals surface area contributed by atoms with Crippen LogP contribution in [-0.2, 0) is 27.2 Å². The van der Waals surface area contributed by atoms with E-state index < -0.39 is 5.60 Å². The summed E-state index contributed by atoms with van der Waals surface area (Å²) in [5.41, 5.74) is 2.94. The summed E-state index contributed by atoms with van der Waals surface area (Å²) < 4.78 is 6.13. The molecule has 0 spiro atoms. The van der Waals surface area contributed by atoms with Gasteiger partial charge in [-0.3, -0.25) is 14.6 Å². The van der Waals surface area contributed by atoms with E-state index in [0.29, 0.717) is 32.4 Å². The first-order valence-electron chi connectivity index (χ1n) is 11.3. The van der Waals surface area contributed by atoms with E-state index in [0.717, 1.165) is 22.3 Å². The van der Waals surface area contributed by atoms with Crippen molar-refractivity contribution in [2.75, 3.05) is 26.7 Å². The monoisotopic (exact) mass is 443 g/mol. The zero-order valence-electron chi connectivity index (χ0n) is 18.9. The lowest BCUT2D eigenvalue weighted by Gasteiger charge is -2.41. The fourth-order valence-electron chi connectivity index (χ4n) is 4.39. The molecule has 1 unspecified atom stereocenters. The molecule has 1 aliphatic heterocycles. The minimum atomic E-state index is -1.15. The number of aromatic nitrogens is 1. The zero-order chi connectivity index (χ0) is 23.1. The van der Waals surface area contributed by atoms with E-state index >= 15 is 0 Å². The van der Waals surface area contributed by atoms with Crippen LogP contribution in [0.3, 0.4) is 0 Å². The van der Waals surface area contributed by atoms with Gasteiger partial charge in [-0.05, 0) is 29.2 Å². The Morgan fingerprint density at radius 2 is 1.85 bits per heavy atom. The van der Waals surface area contributed by atoms with Gasteiger partial charge in [-0.1, -0.05) is 60.7 Å². The van der Waals surface area contributed by atoms with E-state index in [9.17, 15) is 9.59 Å². The van der Waals surface area contributed by atoms with Crippen molar-refractivity contribution in [3.63, 3.8) is 0 Å². The van der Waals surface area contributed by atoms with Gasteiger partial charge in [0.15, 0.2) is 5.60 Å². The molecule has 0 saturated carbocycles. The van der Waals surface area contributed by atoms with Crippen molar-refractivity contribution in [1.82, 2.24) is 15.2 Å². The fraction of sp³-hybridized carbons (Fsp3) is 0.296. The Labute approximate surface area is 194 Å². The Balaban J connectivity index is 1.55. The van der Waals surface area contributed by atoms with Crippen LogP contribution in [0.4, 0.5) is 0 Å². The Hall–Kier alpha value is -3.51. The van der Waals surface area contributed by atoms with Crippen molar-refractivity contribution < 1.29 is 14.3 Å². The number of hydrogen-bond donors (Lipinski definition) is 1. The average molecular weight is 444 g/mol. The summed E-state index contributed by atoms with van der Waals surface area (Å²) in [5.74, 6) is -0.181. The summed E-state index contributed by atoms with van der Waals surface area (Å²) in [6, 6.07) is 21.8. The van der Waals surface area contributed by atoms with Gasteiger partial charge in [-0.25, -0.2) is 0 Å². The van der Waals surface area contributed by atoms with Crippen LogP contribution in [0.25, 0.3) is 11.1 Å². The highest BCUT2D eigenvalue weighted by Crippen LogP contribution is 2.30. The normalized spacial score (nSPS) is 18.0. The molecule has 2 amide bonds. The lowest BCUT2D eigenvalue weighted by molar-refractivity contribution is -0.165. The first-order chi connectivity index (χ1) is 16.1. The van der Waals surface area contributed by atoms with Crippen molar-refractivity contribution in [1.29, 1.82) is 0 Å². The van der Waals surface area contributed by atoms with Gasteiger partial charge in [0.05, 0.1) is 13.2 Å². The second kappa shape index (κ2) is 10.4. The van der Waals surface area contributed by atoms with Crippen molar-refractivity contribution >= 4 is 11.8 Å². The Morgan fingerprint density at radius 3 is 2.61 bits per heavy atom. The van der Waals surface area contributed by atoms with Gasteiger partial charge >= 0.3 is 0 Å². The Bertz CT molecular complexity index is 1090. The summed E-state index contributed by atoms with van der Waals surface area (Å²) in [7, 11) is 1.61. The second-order valence-electron chi connectivity index (χ2n) is 8.30. The predicted molar refractivity (Wildman–Crippen MR) is 127 cm³/mol. The predicted octanol–water partition coefficient (Wildman–Crippen LogP) is 3.27. The number of ether oxygens (including phenoxy) is 1. The van der Waals surface area contributed by atoms with Crippen LogP contribution in [-0.4, -0.2) is 54.0 Å². The smallest absolute Gasteiger partial charge is 0.254 e. The lowest BCUT2D eigenvalue weighted by atomic mass is 9.87. The maximum absolute atomic E-state index is 13.1. The largest absolute Gasteiger partial charge is 0.361 e. The van der Waals surface area contributed by atoms with Crippen LogP contribution < -0.4 is 5.32 Å². The summed E-state index contributed by atoms with van der Waals surface area (Å²) in [6.07, 6.45) is 4.99. The van der Waals surface area contributed by atoms with E-state index in [1.54, 1.807) is 18.1 Å². The van der Waals surface area contributed by atoms with Crippen LogP contribution >= 0.6 is 0 Å². The summed E-state index contributed by atoms with van der Waals surface area (Å²) in [5, 5.41) is 2.76. The first kappa shape index (κ1) is 22.7. The van der Waals surface area contributed by atoms with Gasteiger partial charge < -0.3 is 15.0 Å². The first-order valence-corrected chi connectivity index (χ1v) is 11.3. The highest BCUT2D eigenvalue weighted by atomic mass is 16.5. The number of carbonyl (C=O) groups is 2. The Morgan fingerprint density at radius 1 is 1.06 bits per heavy atom. The van der Waals surface area contributed by atoms with Crippen molar-refractivity contribution in [2.45, 2.75) is 24.9 Å². The van der Waals surface area contributed by atoms with Crippen LogP contribution in [0.5, 0.6) is 0 Å². The molecule has 1 aliphatic rings. The van der Waals surface area contributed by atoms with Crippen molar-refractivity contribution in [3.05, 3.63) is 90.3 Å². The SMILES string of the molecule is CNC(=O)C1(Cc2ccccc2-c2cccnc2)CN(C(=O)CCc2ccccc2)CCO1. The number of likely N-dealkylation sites (N-methyl/N-ethyl adjacent to an activating group) is 1. The molecule has 170 valence electrons. The van der Waals surface area contributed by atoms with Crippen molar-refractivity contribution in [2.24, 2.45) is 0 Å². The van der Waals surface area contributed by atoms with Crippen LogP contribution in [0, 0.1) is 0 Å². The van der Waals surface area contributed by atoms with Crippen LogP contribution in [0.2, 0.25) is 0 Å². The number of morpholine rings is 1. The molecule has 1 fully saturated rings. The number of aryl methyl sites for hydroxylation is 1. The summed E-state index contributed by atoms with van der Waals surface area (Å²) in [6.45, 7) is 1.03. The highest BCUT2D eigenvalue weighted by Gasteiger charge is 2.44. The maximum atomic E-state index is 13.1. The van der Waals surface area contributed by atoms with Gasteiger partial charge in [0.1, 0.15) is 0 Å². The Kier molecular flexibility index (Phi) is 7.15. The number of pyridine rings is 1. The molecule has 0 bridgehead atoms. The molecular weight excluding hydrogens is 414 g/mol. The number of nitrogens with one attached hydrogen (secondary N) is 1. The standard InChI is InChI=1S/C27H29N3O3/c1-28-26(32)27(18-22-10-5-6-12-24(22)23-11-7-15-29-19-23)20-30(16-17-33-27)25(31)14-13-21-8-3-2-4-9-21/h2-12,15,19H,13-14,16-18,20H2,1H3,(H,28,32). The molecule has 1 atom stereocenters. The van der Waals surface area contributed by atoms with Crippen LogP contribution in [0.1, 0.15) is 17.5 Å². The number of benzene rings is 2. The van der Waals surface area contributed by atoms with Gasteiger partial charge in [-0.2, -0.15) is 0 Å². The molecule has 6 nitrogen and oxygen atoms in total. The molecule has 0 aliphatic carbocycles. The molecule has 1 N–H and O–H groups in total. The molecule has 6 heteroatoms. The fourth-order valence-corrected chi connectivity index (χ4v) is 4.39. The summed E-state index contributed by atoms with van der Waals surface area (Å²) >= 11 is 0. The average Bonchev–Trinajstić information content (AvgIpc) is 2.88. The molecule has 1 aromatic heterocycles. The molecular formula is C27H29N3O3. The number of nitrogens with zero attached hydrogens (tertiary/aromatic N) is 2. The third kappa shape index (κ3) is 5.29. The van der Waals surface area contributed by atoms with E-state index in [1.807, 2.05) is 72.9 Å². The molecule has 33 heavy (non-hydrogen) atoms. The minimum Gasteiger partial charge on any atom is -0.361 e. The number of hydrogen-bond acceptors (Lipinski definition) is 4. The second-order valence-corrected chi connectivity index (χ2v) is 8.30. The molecule has 4 rings (SSSR count). The molecule has 3 aromatic rings.